The van der Waals surface area contributed by atoms with Crippen LogP contribution >= 0.6 is 0 Å². The number of hydrogen-bond acceptors (Lipinski definition) is 5. The standard InChI is InChI=1S/C27H32N4O4/c1-18(2)11-13-30-19(3)14-21(20(30)4)15-22(16-28)27(34)35-17-25(32)29-23-8-5-6-9-24(23)31-12-7-10-26(31)33/h5-6,8-9,14-15,18H,7,10-13,17H2,1-4H3,(H,29,32)/b22-15+. The van der Waals surface area contributed by atoms with E-state index in [1.807, 2.05) is 26.0 Å². The smallest absolute Gasteiger partial charge is 0.349 e. The number of aryl methyl sites for hydroxylation is 1. The van der Waals surface area contributed by atoms with Gasteiger partial charge in [0.2, 0.25) is 5.91 Å². The van der Waals surface area contributed by atoms with Crippen LogP contribution in [0.3, 0.4) is 0 Å². The molecule has 0 saturated carbocycles. The molecule has 0 atom stereocenters. The summed E-state index contributed by atoms with van der Waals surface area (Å²) < 4.78 is 7.28. The van der Waals surface area contributed by atoms with Gasteiger partial charge in [0.25, 0.3) is 5.91 Å². The summed E-state index contributed by atoms with van der Waals surface area (Å²) in [7, 11) is 0. The van der Waals surface area contributed by atoms with Crippen molar-refractivity contribution in [3.05, 3.63) is 52.9 Å². The van der Waals surface area contributed by atoms with Crippen molar-refractivity contribution in [1.29, 1.82) is 5.26 Å². The molecule has 1 aromatic heterocycles. The van der Waals surface area contributed by atoms with Crippen LogP contribution in [-0.4, -0.2) is 35.5 Å². The highest BCUT2D eigenvalue weighted by Crippen LogP contribution is 2.29. The molecule has 1 aliphatic rings. The van der Waals surface area contributed by atoms with Gasteiger partial charge in [0, 0.05) is 30.9 Å². The van der Waals surface area contributed by atoms with Gasteiger partial charge in [-0.2, -0.15) is 5.26 Å². The van der Waals surface area contributed by atoms with Gasteiger partial charge < -0.3 is 19.5 Å². The van der Waals surface area contributed by atoms with Crippen LogP contribution in [0.5, 0.6) is 0 Å². The molecule has 1 saturated heterocycles. The summed E-state index contributed by atoms with van der Waals surface area (Å²) in [6, 6.07) is 10.8. The van der Waals surface area contributed by atoms with E-state index in [1.54, 1.807) is 29.2 Å². The number of nitrogens with zero attached hydrogens (tertiary/aromatic N) is 3. The Hall–Kier alpha value is -3.86. The zero-order valence-corrected chi connectivity index (χ0v) is 20.8. The van der Waals surface area contributed by atoms with Crippen LogP contribution in [0, 0.1) is 31.1 Å². The third-order valence-electron chi connectivity index (χ3n) is 6.06. The monoisotopic (exact) mass is 476 g/mol. The predicted molar refractivity (Wildman–Crippen MR) is 135 cm³/mol. The molecular formula is C27H32N4O4. The van der Waals surface area contributed by atoms with Gasteiger partial charge in [-0.1, -0.05) is 26.0 Å². The van der Waals surface area contributed by atoms with E-state index >= 15 is 0 Å². The molecule has 1 N–H and O–H groups in total. The molecular weight excluding hydrogens is 444 g/mol. The predicted octanol–water partition coefficient (Wildman–Crippen LogP) is 4.37. The van der Waals surface area contributed by atoms with Crippen LogP contribution in [0.4, 0.5) is 11.4 Å². The number of hydrogen-bond donors (Lipinski definition) is 1. The summed E-state index contributed by atoms with van der Waals surface area (Å²) in [6.45, 7) is 9.18. The number of aromatic nitrogens is 1. The van der Waals surface area contributed by atoms with Crippen LogP contribution in [-0.2, 0) is 25.7 Å². The lowest BCUT2D eigenvalue weighted by molar-refractivity contribution is -0.142. The van der Waals surface area contributed by atoms with Crippen molar-refractivity contribution in [3.8, 4) is 6.07 Å². The molecule has 0 radical (unpaired) electrons. The van der Waals surface area contributed by atoms with Crippen molar-refractivity contribution in [2.75, 3.05) is 23.4 Å². The van der Waals surface area contributed by atoms with Gasteiger partial charge in [-0.15, -0.1) is 0 Å². The average Bonchev–Trinajstić information content (AvgIpc) is 3.36. The summed E-state index contributed by atoms with van der Waals surface area (Å²) >= 11 is 0. The molecule has 1 fully saturated rings. The Labute approximate surface area is 206 Å². The van der Waals surface area contributed by atoms with Gasteiger partial charge in [-0.05, 0) is 62.4 Å². The Kier molecular flexibility index (Phi) is 8.48. The molecule has 184 valence electrons. The van der Waals surface area contributed by atoms with Gasteiger partial charge in [0.05, 0.1) is 11.4 Å². The number of amides is 2. The molecule has 35 heavy (non-hydrogen) atoms. The fourth-order valence-electron chi connectivity index (χ4n) is 4.11. The summed E-state index contributed by atoms with van der Waals surface area (Å²) in [5.41, 5.74) is 3.69. The maximum absolute atomic E-state index is 12.5. The molecule has 2 amide bonds. The molecule has 2 aromatic rings. The van der Waals surface area contributed by atoms with E-state index in [0.29, 0.717) is 30.3 Å². The third-order valence-corrected chi connectivity index (χ3v) is 6.06. The molecule has 3 rings (SSSR count). The van der Waals surface area contributed by atoms with E-state index in [4.69, 9.17) is 4.74 Å². The molecule has 0 aliphatic carbocycles. The van der Waals surface area contributed by atoms with Gasteiger partial charge in [-0.3, -0.25) is 9.59 Å². The first-order valence-corrected chi connectivity index (χ1v) is 11.9. The fraction of sp³-hybridized carbons (Fsp3) is 0.407. The minimum Gasteiger partial charge on any atom is -0.451 e. The van der Waals surface area contributed by atoms with E-state index in [1.165, 1.54) is 6.08 Å². The Morgan fingerprint density at radius 3 is 2.66 bits per heavy atom. The number of ether oxygens (including phenoxy) is 1. The molecule has 8 heteroatoms. The quantitative estimate of drug-likeness (QED) is 0.329. The summed E-state index contributed by atoms with van der Waals surface area (Å²) in [5, 5.41) is 12.2. The molecule has 8 nitrogen and oxygen atoms in total. The maximum Gasteiger partial charge on any atom is 0.349 e. The van der Waals surface area contributed by atoms with Crippen molar-refractivity contribution >= 4 is 35.2 Å². The van der Waals surface area contributed by atoms with Gasteiger partial charge in [0.15, 0.2) is 6.61 Å². The van der Waals surface area contributed by atoms with Gasteiger partial charge in [0.1, 0.15) is 11.6 Å². The number of anilines is 2. The topological polar surface area (TPSA) is 104 Å². The number of rotatable bonds is 9. The first-order valence-electron chi connectivity index (χ1n) is 11.9. The number of nitriles is 1. The van der Waals surface area contributed by atoms with Crippen molar-refractivity contribution < 1.29 is 19.1 Å². The Morgan fingerprint density at radius 2 is 2.00 bits per heavy atom. The highest BCUT2D eigenvalue weighted by molar-refractivity contribution is 6.03. The Morgan fingerprint density at radius 1 is 1.26 bits per heavy atom. The van der Waals surface area contributed by atoms with Crippen LogP contribution < -0.4 is 10.2 Å². The van der Waals surface area contributed by atoms with Crippen molar-refractivity contribution in [2.24, 2.45) is 5.92 Å². The van der Waals surface area contributed by atoms with E-state index in [9.17, 15) is 19.6 Å². The minimum atomic E-state index is -0.863. The molecule has 2 heterocycles. The zero-order chi connectivity index (χ0) is 25.5. The average molecular weight is 477 g/mol. The Balaban J connectivity index is 1.65. The number of nitrogens with one attached hydrogen (secondary N) is 1. The molecule has 0 bridgehead atoms. The lowest BCUT2D eigenvalue weighted by Crippen LogP contribution is -2.27. The second kappa shape index (κ2) is 11.5. The number of benzene rings is 1. The largest absolute Gasteiger partial charge is 0.451 e. The van der Waals surface area contributed by atoms with Crippen LogP contribution in [0.2, 0.25) is 0 Å². The molecule has 0 unspecified atom stereocenters. The summed E-state index contributed by atoms with van der Waals surface area (Å²) in [4.78, 5) is 38.7. The summed E-state index contributed by atoms with van der Waals surface area (Å²) in [5.74, 6) is -0.849. The Bertz CT molecular complexity index is 1190. The normalized spacial score (nSPS) is 13.8. The van der Waals surface area contributed by atoms with Gasteiger partial charge in [-0.25, -0.2) is 4.79 Å². The lowest BCUT2D eigenvalue weighted by atomic mass is 10.1. The highest BCUT2D eigenvalue weighted by atomic mass is 16.5. The van der Waals surface area contributed by atoms with E-state index in [0.717, 1.165) is 36.3 Å². The molecule has 1 aliphatic heterocycles. The highest BCUT2D eigenvalue weighted by Gasteiger charge is 2.24. The second-order valence-electron chi connectivity index (χ2n) is 9.12. The van der Waals surface area contributed by atoms with E-state index < -0.39 is 18.5 Å². The minimum absolute atomic E-state index is 0.00509. The third kappa shape index (κ3) is 6.38. The van der Waals surface area contributed by atoms with Crippen LogP contribution in [0.15, 0.2) is 35.9 Å². The number of carbonyl (C=O) groups excluding carboxylic acids is 3. The first kappa shape index (κ1) is 25.8. The second-order valence-corrected chi connectivity index (χ2v) is 9.12. The van der Waals surface area contributed by atoms with Crippen molar-refractivity contribution in [2.45, 2.75) is 53.5 Å². The van der Waals surface area contributed by atoms with Crippen LogP contribution in [0.1, 0.15) is 50.1 Å². The lowest BCUT2D eigenvalue weighted by Gasteiger charge is -2.19. The van der Waals surface area contributed by atoms with E-state index in [2.05, 4.69) is 23.7 Å². The number of carbonyl (C=O) groups is 3. The SMILES string of the molecule is Cc1cc(/C=C(\C#N)C(=O)OCC(=O)Nc2ccccc2N2CCCC2=O)c(C)n1CCC(C)C. The van der Waals surface area contributed by atoms with Gasteiger partial charge >= 0.3 is 5.97 Å². The van der Waals surface area contributed by atoms with E-state index in [-0.39, 0.29) is 11.5 Å². The van der Waals surface area contributed by atoms with Crippen molar-refractivity contribution in [3.63, 3.8) is 0 Å². The summed E-state index contributed by atoms with van der Waals surface area (Å²) in [6.07, 6.45) is 3.77. The molecule has 0 spiro atoms. The zero-order valence-electron chi connectivity index (χ0n) is 20.8. The fourth-order valence-corrected chi connectivity index (χ4v) is 4.11. The maximum atomic E-state index is 12.5. The number of esters is 1. The van der Waals surface area contributed by atoms with Crippen molar-refractivity contribution in [1.82, 2.24) is 4.57 Å². The number of para-hydroxylation sites is 2. The molecule has 1 aromatic carbocycles. The van der Waals surface area contributed by atoms with Crippen LogP contribution in [0.25, 0.3) is 6.08 Å². The first-order chi connectivity index (χ1) is 16.7.